The summed E-state index contributed by atoms with van der Waals surface area (Å²) in [5.74, 6) is 6.35. The lowest BCUT2D eigenvalue weighted by molar-refractivity contribution is 0.139. The highest BCUT2D eigenvalue weighted by molar-refractivity contribution is 5.99. The van der Waals surface area contributed by atoms with Crippen molar-refractivity contribution in [3.05, 3.63) is 144 Å². The van der Waals surface area contributed by atoms with Gasteiger partial charge >= 0.3 is 0 Å². The van der Waals surface area contributed by atoms with E-state index < -0.39 is 5.41 Å². The van der Waals surface area contributed by atoms with Gasteiger partial charge in [0, 0.05) is 11.1 Å². The van der Waals surface area contributed by atoms with Crippen LogP contribution in [0.5, 0.6) is 23.0 Å². The van der Waals surface area contributed by atoms with E-state index in [4.69, 9.17) is 33.2 Å². The molecule has 0 bridgehead atoms. The van der Waals surface area contributed by atoms with Crippen LogP contribution in [0.1, 0.15) is 73.6 Å². The van der Waals surface area contributed by atoms with E-state index in [1.54, 1.807) is 0 Å². The third kappa shape index (κ3) is 6.62. The molecule has 10 aliphatic rings. The molecule has 6 aromatic rings. The molecular formula is C62H58O8. The molecule has 6 aromatic carbocycles. The third-order valence-corrected chi connectivity index (χ3v) is 18.5. The standard InChI is InChI=1S/C62H58O8/c63-53-21-38(43-24-48(43)53)32-65-40-12-14-42-41-13-11-39(64-29-33-15-56-57(16-33)68-56)22-49(41)62(50(42)23-40)51-25-44(36-7-3-1-4-8-36)54(66-30-34-17-58-59(18-34)69-58)27-46(51)47-28-55(67-31-35-19-60-61(20-35)70-60)45(26-52(47)62)37-9-5-2-6-10-37/h1-14,22-23,25-28,33-35,38,43,48,53,56-61,63H,15-21,24,29-32H2. The van der Waals surface area contributed by atoms with E-state index >= 15 is 0 Å². The van der Waals surface area contributed by atoms with Crippen molar-refractivity contribution in [2.45, 2.75) is 99.5 Å². The predicted octanol–water partition coefficient (Wildman–Crippen LogP) is 11.4. The Bertz CT molecular complexity index is 2920. The lowest BCUT2D eigenvalue weighted by Gasteiger charge is -2.32. The molecule has 3 aliphatic heterocycles. The third-order valence-electron chi connectivity index (χ3n) is 18.5. The summed E-state index contributed by atoms with van der Waals surface area (Å²) in [6.45, 7) is 2.60. The van der Waals surface area contributed by atoms with E-state index in [1.165, 1.54) is 33.4 Å². The minimum atomic E-state index is -0.750. The molecular weight excluding hydrogens is 873 g/mol. The summed E-state index contributed by atoms with van der Waals surface area (Å²) in [6, 6.07) is 44.9. The zero-order chi connectivity index (χ0) is 45.8. The second-order valence-corrected chi connectivity index (χ2v) is 22.7. The Morgan fingerprint density at radius 1 is 0.400 bits per heavy atom. The van der Waals surface area contributed by atoms with Crippen molar-refractivity contribution in [3.8, 4) is 67.5 Å². The summed E-state index contributed by atoms with van der Waals surface area (Å²) in [5.41, 5.74) is 13.2. The number of hydrogen-bond donors (Lipinski definition) is 1. The van der Waals surface area contributed by atoms with Crippen molar-refractivity contribution in [2.24, 2.45) is 35.5 Å². The molecule has 0 radical (unpaired) electrons. The molecule has 3 heterocycles. The minimum absolute atomic E-state index is 0.206. The number of aliphatic hydroxyl groups excluding tert-OH is 1. The number of ether oxygens (including phenoxy) is 7. The second kappa shape index (κ2) is 15.4. The SMILES string of the molecule is OC1CC(COc2ccc3c(c2)C2(c4cc(OCC5CC6OC6C5)ccc4-3)c3cc(-c4ccccc4)c(OCC4CC5OC5C4)cc3-c3cc(OCC4CC5OC5C4)c(-c4ccccc4)cc32)C2CC12. The van der Waals surface area contributed by atoms with Crippen LogP contribution in [0.2, 0.25) is 0 Å². The average molecular weight is 931 g/mol. The average Bonchev–Trinajstić information content (AvgIpc) is 4.39. The first-order chi connectivity index (χ1) is 34.5. The first kappa shape index (κ1) is 41.0. The van der Waals surface area contributed by atoms with Gasteiger partial charge in [-0.15, -0.1) is 0 Å². The highest BCUT2D eigenvalue weighted by Crippen LogP contribution is 2.66. The molecule has 8 heteroatoms. The van der Waals surface area contributed by atoms with Crippen molar-refractivity contribution in [1.82, 2.24) is 0 Å². The Morgan fingerprint density at radius 3 is 1.26 bits per heavy atom. The van der Waals surface area contributed by atoms with Gasteiger partial charge in [0.25, 0.3) is 0 Å². The molecule has 1 N–H and O–H groups in total. The van der Waals surface area contributed by atoms with E-state index in [-0.39, 0.29) is 6.10 Å². The molecule has 3 saturated heterocycles. The van der Waals surface area contributed by atoms with Gasteiger partial charge in [-0.05, 0) is 191 Å². The molecule has 354 valence electrons. The van der Waals surface area contributed by atoms with Gasteiger partial charge in [0.1, 0.15) is 23.0 Å². The van der Waals surface area contributed by atoms with Gasteiger partial charge in [0.15, 0.2) is 0 Å². The number of rotatable bonds is 14. The number of fused-ring (bicyclic) bond motifs is 14. The van der Waals surface area contributed by atoms with Crippen molar-refractivity contribution in [1.29, 1.82) is 0 Å². The molecule has 5 saturated carbocycles. The number of benzene rings is 6. The molecule has 0 amide bonds. The lowest BCUT2D eigenvalue weighted by atomic mass is 9.69. The molecule has 7 aliphatic carbocycles. The van der Waals surface area contributed by atoms with Gasteiger partial charge in [-0.25, -0.2) is 0 Å². The smallest absolute Gasteiger partial charge is 0.127 e. The van der Waals surface area contributed by atoms with E-state index in [2.05, 4.69) is 121 Å². The Kier molecular flexibility index (Phi) is 9.04. The molecule has 8 fully saturated rings. The summed E-state index contributed by atoms with van der Waals surface area (Å²) in [6.07, 6.45) is 10.5. The van der Waals surface area contributed by atoms with Crippen LogP contribution >= 0.6 is 0 Å². The van der Waals surface area contributed by atoms with Crippen LogP contribution in [0.4, 0.5) is 0 Å². The van der Waals surface area contributed by atoms with Crippen molar-refractivity contribution in [3.63, 3.8) is 0 Å². The van der Waals surface area contributed by atoms with Crippen LogP contribution in [0.25, 0.3) is 44.5 Å². The Hall–Kier alpha value is -5.64. The van der Waals surface area contributed by atoms with Gasteiger partial charge in [-0.1, -0.05) is 72.8 Å². The van der Waals surface area contributed by atoms with Crippen molar-refractivity contribution >= 4 is 0 Å². The fourth-order valence-electron chi connectivity index (χ4n) is 14.7. The molecule has 0 aromatic heterocycles. The fourth-order valence-corrected chi connectivity index (χ4v) is 14.7. The summed E-state index contributed by atoms with van der Waals surface area (Å²) in [7, 11) is 0. The maximum atomic E-state index is 10.7. The normalized spacial score (nSPS) is 34.2. The summed E-state index contributed by atoms with van der Waals surface area (Å²) >= 11 is 0. The van der Waals surface area contributed by atoms with Gasteiger partial charge in [0.2, 0.25) is 0 Å². The van der Waals surface area contributed by atoms with Crippen molar-refractivity contribution in [2.75, 3.05) is 26.4 Å². The zero-order valence-corrected chi connectivity index (χ0v) is 39.3. The lowest BCUT2D eigenvalue weighted by Crippen LogP contribution is -2.26. The van der Waals surface area contributed by atoms with E-state index in [0.29, 0.717) is 98.6 Å². The van der Waals surface area contributed by atoms with Crippen LogP contribution in [0, 0.1) is 35.5 Å². The Morgan fingerprint density at radius 2 is 0.829 bits per heavy atom. The minimum Gasteiger partial charge on any atom is -0.493 e. The van der Waals surface area contributed by atoms with Gasteiger partial charge in [0.05, 0.1) is 74.6 Å². The highest BCUT2D eigenvalue weighted by atomic mass is 16.6. The Labute approximate surface area is 409 Å². The Balaban J connectivity index is 0.899. The zero-order valence-electron chi connectivity index (χ0n) is 39.3. The first-order valence-electron chi connectivity index (χ1n) is 26.4. The maximum Gasteiger partial charge on any atom is 0.127 e. The van der Waals surface area contributed by atoms with Gasteiger partial charge < -0.3 is 38.3 Å². The largest absolute Gasteiger partial charge is 0.493 e. The van der Waals surface area contributed by atoms with E-state index in [9.17, 15) is 5.11 Å². The first-order valence-corrected chi connectivity index (χ1v) is 26.4. The quantitative estimate of drug-likeness (QED) is 0.108. The predicted molar refractivity (Wildman–Crippen MR) is 265 cm³/mol. The second-order valence-electron chi connectivity index (χ2n) is 22.7. The van der Waals surface area contributed by atoms with Crippen LogP contribution in [-0.2, 0) is 19.6 Å². The van der Waals surface area contributed by atoms with Gasteiger partial charge in [-0.3, -0.25) is 0 Å². The topological polar surface area (TPSA) is 94.7 Å². The highest BCUT2D eigenvalue weighted by Gasteiger charge is 2.56. The molecule has 70 heavy (non-hydrogen) atoms. The van der Waals surface area contributed by atoms with E-state index in [1.807, 2.05) is 0 Å². The molecule has 8 nitrogen and oxygen atoms in total. The molecule has 1 spiro atoms. The van der Waals surface area contributed by atoms with E-state index in [0.717, 1.165) is 108 Å². The number of epoxide rings is 3. The number of hydrogen-bond acceptors (Lipinski definition) is 8. The van der Waals surface area contributed by atoms with Crippen LogP contribution in [0.3, 0.4) is 0 Å². The van der Waals surface area contributed by atoms with Crippen LogP contribution < -0.4 is 18.9 Å². The number of aliphatic hydroxyl groups is 1. The van der Waals surface area contributed by atoms with Crippen LogP contribution in [-0.4, -0.2) is 74.3 Å². The van der Waals surface area contributed by atoms with Gasteiger partial charge in [-0.2, -0.15) is 0 Å². The van der Waals surface area contributed by atoms with Crippen molar-refractivity contribution < 1.29 is 38.3 Å². The monoisotopic (exact) mass is 930 g/mol. The summed E-state index contributed by atoms with van der Waals surface area (Å²) in [5, 5.41) is 10.7. The summed E-state index contributed by atoms with van der Waals surface area (Å²) < 4.78 is 45.4. The maximum absolute atomic E-state index is 10.7. The van der Waals surface area contributed by atoms with Crippen LogP contribution in [0.15, 0.2) is 121 Å². The molecule has 16 rings (SSSR count). The molecule has 10 atom stereocenters. The molecule has 10 unspecified atom stereocenters. The fraction of sp³-hybridized carbons (Fsp3) is 0.419. The summed E-state index contributed by atoms with van der Waals surface area (Å²) in [4.78, 5) is 0.